The SMILES string of the molecule is O=C1NC(=C=S)N(Cc2ccc(Cl)cc2[C@H]2COCCN2)c2cc[nH]c21. The average molecular weight is 389 g/mol. The van der Waals surface area contributed by atoms with Crippen molar-refractivity contribution in [2.45, 2.75) is 12.6 Å². The Bertz CT molecular complexity index is 900. The summed E-state index contributed by atoms with van der Waals surface area (Å²) in [6.07, 6.45) is 1.74. The van der Waals surface area contributed by atoms with Crippen molar-refractivity contribution >= 4 is 40.4 Å². The fraction of sp³-hybridized carbons (Fsp3) is 0.278. The predicted molar refractivity (Wildman–Crippen MR) is 104 cm³/mol. The van der Waals surface area contributed by atoms with Gasteiger partial charge in [0.25, 0.3) is 5.91 Å². The largest absolute Gasteiger partial charge is 0.378 e. The highest BCUT2D eigenvalue weighted by atomic mass is 35.5. The smallest absolute Gasteiger partial charge is 0.275 e. The molecule has 134 valence electrons. The van der Waals surface area contributed by atoms with Crippen LogP contribution in [0.1, 0.15) is 27.7 Å². The third kappa shape index (κ3) is 3.16. The number of carbonyl (C=O) groups excluding carboxylic acids is 1. The topological polar surface area (TPSA) is 69.4 Å². The number of fused-ring (bicyclic) bond motifs is 1. The summed E-state index contributed by atoms with van der Waals surface area (Å²) in [7, 11) is 0. The second kappa shape index (κ2) is 7.23. The Morgan fingerprint density at radius 3 is 3.04 bits per heavy atom. The zero-order chi connectivity index (χ0) is 18.1. The number of nitrogens with one attached hydrogen (secondary N) is 3. The Morgan fingerprint density at radius 1 is 1.38 bits per heavy atom. The zero-order valence-electron chi connectivity index (χ0n) is 13.8. The molecular weight excluding hydrogens is 372 g/mol. The van der Waals surface area contributed by atoms with Crippen LogP contribution in [0.3, 0.4) is 0 Å². The molecule has 1 saturated heterocycles. The first-order valence-electron chi connectivity index (χ1n) is 8.28. The number of ether oxygens (including phenoxy) is 1. The van der Waals surface area contributed by atoms with Crippen LogP contribution in [0.15, 0.2) is 36.3 Å². The van der Waals surface area contributed by atoms with E-state index in [1.807, 2.05) is 29.2 Å². The molecule has 0 spiro atoms. The molecule has 1 aromatic heterocycles. The quantitative estimate of drug-likeness (QED) is 0.705. The molecule has 2 aliphatic rings. The Balaban J connectivity index is 1.72. The molecule has 3 heterocycles. The number of nitrogens with zero attached hydrogens (tertiary/aromatic N) is 1. The molecular formula is C18H17ClN4O2S. The molecule has 8 heteroatoms. The standard InChI is InChI=1S/C18H17ClN4O2S/c19-12-2-1-11(13(7-12)14-9-25-6-5-20-14)8-23-15-3-4-21-17(15)18(24)22-16(23)10-26/h1-4,7,14,20-21H,5-6,8-9H2,(H,22,24)/t14-/m1/s1. The van der Waals surface area contributed by atoms with Gasteiger partial charge in [0, 0.05) is 17.8 Å². The van der Waals surface area contributed by atoms with Gasteiger partial charge in [-0.25, -0.2) is 0 Å². The number of halogens is 1. The summed E-state index contributed by atoms with van der Waals surface area (Å²) in [5.74, 6) is 0.248. The highest BCUT2D eigenvalue weighted by molar-refractivity contribution is 7.78. The molecule has 0 saturated carbocycles. The first-order chi connectivity index (χ1) is 12.7. The third-order valence-corrected chi connectivity index (χ3v) is 5.00. The van der Waals surface area contributed by atoms with E-state index >= 15 is 0 Å². The fourth-order valence-corrected chi connectivity index (χ4v) is 3.68. The Kier molecular flexibility index (Phi) is 4.80. The number of H-pyrrole nitrogens is 1. The second-order valence-corrected chi connectivity index (χ2v) is 6.79. The summed E-state index contributed by atoms with van der Waals surface area (Å²) >= 11 is 11.2. The number of aromatic amines is 1. The Labute approximate surface area is 161 Å². The summed E-state index contributed by atoms with van der Waals surface area (Å²) < 4.78 is 5.61. The number of rotatable bonds is 3. The molecule has 2 aliphatic heterocycles. The minimum atomic E-state index is -0.215. The van der Waals surface area contributed by atoms with Crippen LogP contribution in [-0.2, 0) is 11.3 Å². The fourth-order valence-electron chi connectivity index (χ4n) is 3.34. The van der Waals surface area contributed by atoms with E-state index < -0.39 is 0 Å². The van der Waals surface area contributed by atoms with E-state index in [2.05, 4.69) is 20.6 Å². The van der Waals surface area contributed by atoms with E-state index in [0.29, 0.717) is 36.3 Å². The van der Waals surface area contributed by atoms with Crippen molar-refractivity contribution in [1.29, 1.82) is 0 Å². The highest BCUT2D eigenvalue weighted by Crippen LogP contribution is 2.31. The summed E-state index contributed by atoms with van der Waals surface area (Å²) in [6.45, 7) is 2.61. The predicted octanol–water partition coefficient (Wildman–Crippen LogP) is 2.52. The van der Waals surface area contributed by atoms with Crippen molar-refractivity contribution in [3.05, 3.63) is 58.1 Å². The van der Waals surface area contributed by atoms with E-state index in [1.54, 1.807) is 6.20 Å². The van der Waals surface area contributed by atoms with Crippen molar-refractivity contribution in [3.63, 3.8) is 0 Å². The van der Waals surface area contributed by atoms with Gasteiger partial charge in [-0.05, 0) is 46.6 Å². The van der Waals surface area contributed by atoms with E-state index in [1.165, 1.54) is 0 Å². The lowest BCUT2D eigenvalue weighted by Gasteiger charge is -2.32. The van der Waals surface area contributed by atoms with Crippen molar-refractivity contribution in [2.75, 3.05) is 24.7 Å². The van der Waals surface area contributed by atoms with Gasteiger partial charge in [-0.15, -0.1) is 0 Å². The summed E-state index contributed by atoms with van der Waals surface area (Å²) in [5.41, 5.74) is 3.43. The van der Waals surface area contributed by atoms with Crippen LogP contribution in [0, 0.1) is 0 Å². The van der Waals surface area contributed by atoms with Crippen molar-refractivity contribution in [2.24, 2.45) is 0 Å². The van der Waals surface area contributed by atoms with Crippen LogP contribution >= 0.6 is 23.8 Å². The molecule has 1 fully saturated rings. The van der Waals surface area contributed by atoms with E-state index in [4.69, 9.17) is 28.6 Å². The maximum absolute atomic E-state index is 12.2. The van der Waals surface area contributed by atoms with E-state index in [9.17, 15) is 4.79 Å². The normalized spacial score (nSPS) is 19.7. The third-order valence-electron chi connectivity index (χ3n) is 4.57. The van der Waals surface area contributed by atoms with Crippen LogP contribution in [-0.4, -0.2) is 35.7 Å². The van der Waals surface area contributed by atoms with Crippen LogP contribution < -0.4 is 15.5 Å². The van der Waals surface area contributed by atoms with Crippen LogP contribution in [0.4, 0.5) is 5.69 Å². The number of morpholine rings is 1. The van der Waals surface area contributed by atoms with Crippen LogP contribution in [0.2, 0.25) is 5.02 Å². The maximum atomic E-state index is 12.2. The van der Waals surface area contributed by atoms with E-state index in [-0.39, 0.29) is 11.9 Å². The second-order valence-electron chi connectivity index (χ2n) is 6.15. The van der Waals surface area contributed by atoms with E-state index in [0.717, 1.165) is 23.4 Å². The van der Waals surface area contributed by atoms with Gasteiger partial charge in [0.1, 0.15) is 5.69 Å². The van der Waals surface area contributed by atoms with Gasteiger partial charge in [-0.3, -0.25) is 10.1 Å². The lowest BCUT2D eigenvalue weighted by molar-refractivity contribution is 0.0766. The van der Waals surface area contributed by atoms with Crippen LogP contribution in [0.5, 0.6) is 0 Å². The minimum Gasteiger partial charge on any atom is -0.378 e. The number of hydrogen-bond donors (Lipinski definition) is 3. The molecule has 2 aromatic rings. The van der Waals surface area contributed by atoms with Gasteiger partial charge in [-0.2, -0.15) is 0 Å². The number of anilines is 1. The molecule has 6 nitrogen and oxygen atoms in total. The monoisotopic (exact) mass is 388 g/mol. The molecule has 0 radical (unpaired) electrons. The van der Waals surface area contributed by atoms with Gasteiger partial charge in [0.05, 0.1) is 31.5 Å². The average Bonchev–Trinajstić information content (AvgIpc) is 3.16. The number of aromatic nitrogens is 1. The molecule has 0 unspecified atom stereocenters. The van der Waals surface area contributed by atoms with Gasteiger partial charge >= 0.3 is 0 Å². The molecule has 1 amide bonds. The van der Waals surface area contributed by atoms with Crippen molar-refractivity contribution in [1.82, 2.24) is 15.6 Å². The summed E-state index contributed by atoms with van der Waals surface area (Å²) in [4.78, 5) is 17.1. The van der Waals surface area contributed by atoms with Gasteiger partial charge < -0.3 is 19.9 Å². The van der Waals surface area contributed by atoms with Crippen molar-refractivity contribution < 1.29 is 9.53 Å². The lowest BCUT2D eigenvalue weighted by atomic mass is 9.99. The zero-order valence-corrected chi connectivity index (χ0v) is 15.4. The van der Waals surface area contributed by atoms with Crippen LogP contribution in [0.25, 0.3) is 0 Å². The molecule has 26 heavy (non-hydrogen) atoms. The lowest BCUT2D eigenvalue weighted by Crippen LogP contribution is -2.41. The maximum Gasteiger partial charge on any atom is 0.275 e. The molecule has 0 bridgehead atoms. The molecule has 0 aliphatic carbocycles. The Hall–Kier alpha value is -2.15. The van der Waals surface area contributed by atoms with Gasteiger partial charge in [-0.1, -0.05) is 17.7 Å². The number of thiocarbonyl (C=S) groups is 1. The van der Waals surface area contributed by atoms with Gasteiger partial charge in [0.2, 0.25) is 0 Å². The Morgan fingerprint density at radius 2 is 2.27 bits per heavy atom. The van der Waals surface area contributed by atoms with Gasteiger partial charge in [0.15, 0.2) is 5.82 Å². The summed E-state index contributed by atoms with van der Waals surface area (Å²) in [6, 6.07) is 7.76. The molecule has 3 N–H and O–H groups in total. The highest BCUT2D eigenvalue weighted by Gasteiger charge is 2.29. The molecule has 1 aromatic carbocycles. The summed E-state index contributed by atoms with van der Waals surface area (Å²) in [5, 5.41) is 9.58. The first-order valence-corrected chi connectivity index (χ1v) is 9.07. The minimum absolute atomic E-state index is 0.0717. The molecule has 1 atom stereocenters. The molecule has 4 rings (SSSR count). The number of carbonyl (C=O) groups is 1. The van der Waals surface area contributed by atoms with Crippen molar-refractivity contribution in [3.8, 4) is 0 Å². The first kappa shape index (κ1) is 17.3. The number of hydrogen-bond acceptors (Lipinski definition) is 5. The number of amides is 1. The number of benzene rings is 1.